The van der Waals surface area contributed by atoms with Gasteiger partial charge in [-0.25, -0.2) is 4.39 Å². The average Bonchev–Trinajstić information content (AvgIpc) is 2.86. The lowest BCUT2D eigenvalue weighted by Crippen LogP contribution is -2.18. The van der Waals surface area contributed by atoms with Gasteiger partial charge in [0.05, 0.1) is 6.04 Å². The van der Waals surface area contributed by atoms with Gasteiger partial charge in [0, 0.05) is 21.0 Å². The van der Waals surface area contributed by atoms with Crippen molar-refractivity contribution in [3.63, 3.8) is 0 Å². The van der Waals surface area contributed by atoms with E-state index < -0.39 is 6.04 Å². The number of fused-ring (bicyclic) bond motifs is 1. The van der Waals surface area contributed by atoms with Crippen molar-refractivity contribution >= 4 is 34.2 Å². The smallest absolute Gasteiger partial charge is 0.134 e. The van der Waals surface area contributed by atoms with E-state index in [-0.39, 0.29) is 5.82 Å². The summed E-state index contributed by atoms with van der Waals surface area (Å²) in [7, 11) is 1.74. The third kappa shape index (κ3) is 2.77. The van der Waals surface area contributed by atoms with Gasteiger partial charge in [0.1, 0.15) is 17.2 Å². The van der Waals surface area contributed by atoms with Gasteiger partial charge >= 0.3 is 0 Å². The summed E-state index contributed by atoms with van der Waals surface area (Å²) in [4.78, 5) is 0. The van der Waals surface area contributed by atoms with Gasteiger partial charge in [-0.1, -0.05) is 23.2 Å². The zero-order valence-corrected chi connectivity index (χ0v) is 12.7. The van der Waals surface area contributed by atoms with Crippen molar-refractivity contribution in [2.75, 3.05) is 7.05 Å². The Hall–Kier alpha value is -1.55. The molecule has 2 nitrogen and oxygen atoms in total. The van der Waals surface area contributed by atoms with Crippen LogP contribution in [-0.4, -0.2) is 7.05 Å². The molecule has 0 aliphatic carbocycles. The minimum absolute atomic E-state index is 0.336. The van der Waals surface area contributed by atoms with Crippen LogP contribution in [-0.2, 0) is 0 Å². The number of halogens is 3. The van der Waals surface area contributed by atoms with E-state index in [1.54, 1.807) is 25.2 Å². The minimum Gasteiger partial charge on any atom is -0.459 e. The molecule has 0 saturated heterocycles. The maximum atomic E-state index is 14.1. The second-order valence-electron chi connectivity index (χ2n) is 4.72. The molecule has 0 amide bonds. The normalized spacial score (nSPS) is 12.8. The van der Waals surface area contributed by atoms with Gasteiger partial charge in [-0.15, -0.1) is 0 Å². The van der Waals surface area contributed by atoms with Gasteiger partial charge in [0.15, 0.2) is 0 Å². The number of benzene rings is 2. The molecular formula is C16H12Cl2FNO. The fourth-order valence-corrected chi connectivity index (χ4v) is 2.72. The van der Waals surface area contributed by atoms with Crippen LogP contribution in [0.1, 0.15) is 17.4 Å². The van der Waals surface area contributed by atoms with E-state index in [0.717, 1.165) is 5.39 Å². The Balaban J connectivity index is 2.11. The average molecular weight is 324 g/mol. The SMILES string of the molecule is CNC(c1cc2cc(Cl)ccc2o1)c1cc(Cl)ccc1F. The molecule has 1 N–H and O–H groups in total. The molecule has 0 bridgehead atoms. The first-order chi connectivity index (χ1) is 10.1. The van der Waals surface area contributed by atoms with Crippen molar-refractivity contribution in [1.82, 2.24) is 5.32 Å². The Morgan fingerprint density at radius 3 is 2.52 bits per heavy atom. The maximum Gasteiger partial charge on any atom is 0.134 e. The molecule has 2 aromatic carbocycles. The highest BCUT2D eigenvalue weighted by Crippen LogP contribution is 2.31. The van der Waals surface area contributed by atoms with Crippen LogP contribution in [0.15, 0.2) is 46.9 Å². The molecule has 3 rings (SSSR count). The first-order valence-electron chi connectivity index (χ1n) is 6.39. The summed E-state index contributed by atoms with van der Waals surface area (Å²) in [6.45, 7) is 0. The third-order valence-electron chi connectivity index (χ3n) is 3.34. The molecule has 0 saturated carbocycles. The van der Waals surface area contributed by atoms with Crippen LogP contribution >= 0.6 is 23.2 Å². The van der Waals surface area contributed by atoms with Gasteiger partial charge in [0.25, 0.3) is 0 Å². The summed E-state index contributed by atoms with van der Waals surface area (Å²) in [5, 5.41) is 5.04. The molecule has 3 aromatic rings. The Bertz CT molecular complexity index is 800. The Morgan fingerprint density at radius 2 is 1.76 bits per heavy atom. The molecule has 1 atom stereocenters. The Labute approximate surface area is 131 Å². The van der Waals surface area contributed by atoms with E-state index >= 15 is 0 Å². The van der Waals surface area contributed by atoms with Crippen molar-refractivity contribution < 1.29 is 8.81 Å². The molecule has 0 spiro atoms. The monoisotopic (exact) mass is 323 g/mol. The summed E-state index contributed by atoms with van der Waals surface area (Å²) in [6, 6.07) is 11.3. The van der Waals surface area contributed by atoms with Gasteiger partial charge in [-0.3, -0.25) is 0 Å². The van der Waals surface area contributed by atoms with E-state index in [9.17, 15) is 4.39 Å². The second kappa shape index (κ2) is 5.68. The minimum atomic E-state index is -0.421. The first kappa shape index (κ1) is 14.4. The zero-order valence-electron chi connectivity index (χ0n) is 11.2. The van der Waals surface area contributed by atoms with Gasteiger partial charge < -0.3 is 9.73 Å². The second-order valence-corrected chi connectivity index (χ2v) is 5.59. The highest BCUT2D eigenvalue weighted by molar-refractivity contribution is 6.31. The summed E-state index contributed by atoms with van der Waals surface area (Å²) >= 11 is 11.9. The standard InChI is InChI=1S/C16H12Cl2FNO/c1-20-16(12-8-11(18)2-4-13(12)19)15-7-9-6-10(17)3-5-14(9)21-15/h2-8,16,20H,1H3. The molecule has 21 heavy (non-hydrogen) atoms. The van der Waals surface area contributed by atoms with Gasteiger partial charge in [-0.05, 0) is 49.5 Å². The van der Waals surface area contributed by atoms with Crippen LogP contribution in [0.5, 0.6) is 0 Å². The fraction of sp³-hybridized carbons (Fsp3) is 0.125. The highest BCUT2D eigenvalue weighted by Gasteiger charge is 2.20. The van der Waals surface area contributed by atoms with Crippen molar-refractivity contribution in [2.24, 2.45) is 0 Å². The molecule has 0 radical (unpaired) electrons. The summed E-state index contributed by atoms with van der Waals surface area (Å²) in [5.74, 6) is 0.271. The van der Waals surface area contributed by atoms with Crippen molar-refractivity contribution in [3.8, 4) is 0 Å². The van der Waals surface area contributed by atoms with Crippen LogP contribution in [0.2, 0.25) is 10.0 Å². The van der Waals surface area contributed by atoms with E-state index in [2.05, 4.69) is 5.32 Å². The van der Waals surface area contributed by atoms with Crippen LogP contribution < -0.4 is 5.32 Å². The molecule has 0 fully saturated rings. The largest absolute Gasteiger partial charge is 0.459 e. The quantitative estimate of drug-likeness (QED) is 0.717. The predicted octanol–water partition coefficient (Wildman–Crippen LogP) is 5.19. The van der Waals surface area contributed by atoms with Gasteiger partial charge in [0.2, 0.25) is 0 Å². The molecule has 5 heteroatoms. The third-order valence-corrected chi connectivity index (χ3v) is 3.81. The molecule has 108 valence electrons. The van der Waals surface area contributed by atoms with Gasteiger partial charge in [-0.2, -0.15) is 0 Å². The molecule has 1 aromatic heterocycles. The maximum absolute atomic E-state index is 14.1. The predicted molar refractivity (Wildman–Crippen MR) is 83.5 cm³/mol. The number of nitrogens with one attached hydrogen (secondary N) is 1. The lowest BCUT2D eigenvalue weighted by molar-refractivity contribution is 0.476. The first-order valence-corrected chi connectivity index (χ1v) is 7.15. The van der Waals surface area contributed by atoms with E-state index in [4.69, 9.17) is 27.6 Å². The topological polar surface area (TPSA) is 25.2 Å². The zero-order chi connectivity index (χ0) is 15.0. The molecule has 1 unspecified atom stereocenters. The van der Waals surface area contributed by atoms with Crippen molar-refractivity contribution in [2.45, 2.75) is 6.04 Å². The van der Waals surface area contributed by atoms with E-state index in [0.29, 0.717) is 27.0 Å². The van der Waals surface area contributed by atoms with E-state index in [1.165, 1.54) is 12.1 Å². The molecule has 0 aliphatic rings. The lowest BCUT2D eigenvalue weighted by atomic mass is 10.0. The number of furan rings is 1. The molecule has 0 aliphatic heterocycles. The summed E-state index contributed by atoms with van der Waals surface area (Å²) in [5.41, 5.74) is 1.15. The van der Waals surface area contributed by atoms with Crippen LogP contribution in [0.25, 0.3) is 11.0 Å². The van der Waals surface area contributed by atoms with E-state index in [1.807, 2.05) is 12.1 Å². The summed E-state index contributed by atoms with van der Waals surface area (Å²) < 4.78 is 19.8. The molecule has 1 heterocycles. The number of rotatable bonds is 3. The fourth-order valence-electron chi connectivity index (χ4n) is 2.36. The number of hydrogen-bond donors (Lipinski definition) is 1. The lowest BCUT2D eigenvalue weighted by Gasteiger charge is -2.15. The highest BCUT2D eigenvalue weighted by atomic mass is 35.5. The van der Waals surface area contributed by atoms with Crippen molar-refractivity contribution in [3.05, 3.63) is 69.7 Å². The Kier molecular flexibility index (Phi) is 3.89. The van der Waals surface area contributed by atoms with Crippen molar-refractivity contribution in [1.29, 1.82) is 0 Å². The van der Waals surface area contributed by atoms with Crippen LogP contribution in [0.3, 0.4) is 0 Å². The Morgan fingerprint density at radius 1 is 1.05 bits per heavy atom. The van der Waals surface area contributed by atoms with Crippen LogP contribution in [0.4, 0.5) is 4.39 Å². The van der Waals surface area contributed by atoms with Crippen LogP contribution in [0, 0.1) is 5.82 Å². The summed E-state index contributed by atoms with van der Waals surface area (Å²) in [6.07, 6.45) is 0. The number of hydrogen-bond acceptors (Lipinski definition) is 2. The molecular weight excluding hydrogens is 312 g/mol.